The fourth-order valence-corrected chi connectivity index (χ4v) is 4.22. The number of nitrogen functional groups attached to an aromatic ring is 1. The molecule has 8 heteroatoms. The Morgan fingerprint density at radius 2 is 1.76 bits per heavy atom. The van der Waals surface area contributed by atoms with Crippen molar-refractivity contribution in [2.24, 2.45) is 0 Å². The Morgan fingerprint density at radius 1 is 1.18 bits per heavy atom. The van der Waals surface area contributed by atoms with Gasteiger partial charge in [0.05, 0.1) is 27.1 Å². The lowest BCUT2D eigenvalue weighted by atomic mass is 10.3. The van der Waals surface area contributed by atoms with Crippen LogP contribution in [0, 0.1) is 0 Å². The highest BCUT2D eigenvalue weighted by Crippen LogP contribution is 2.23. The molecule has 17 heavy (non-hydrogen) atoms. The standard InChI is InChI=1S/C9H12ClNO4S2/c1-16(12,13)4-5-17(14,15)7-2-3-9(11)8(10)6-7/h2-3,6H,4-5,11H2,1H3. The molecule has 0 aromatic heterocycles. The Hall–Kier alpha value is -0.790. The zero-order valence-electron chi connectivity index (χ0n) is 9.05. The van der Waals surface area contributed by atoms with E-state index in [1.807, 2.05) is 0 Å². The summed E-state index contributed by atoms with van der Waals surface area (Å²) >= 11 is 5.70. The van der Waals surface area contributed by atoms with E-state index < -0.39 is 31.2 Å². The van der Waals surface area contributed by atoms with E-state index in [0.717, 1.165) is 6.26 Å². The highest BCUT2D eigenvalue weighted by atomic mass is 35.5. The number of benzene rings is 1. The number of hydrogen-bond acceptors (Lipinski definition) is 5. The van der Waals surface area contributed by atoms with E-state index >= 15 is 0 Å². The smallest absolute Gasteiger partial charge is 0.179 e. The maximum Gasteiger partial charge on any atom is 0.179 e. The molecule has 0 fully saturated rings. The normalized spacial score (nSPS) is 12.6. The largest absolute Gasteiger partial charge is 0.398 e. The van der Waals surface area contributed by atoms with E-state index in [1.54, 1.807) is 0 Å². The summed E-state index contributed by atoms with van der Waals surface area (Å²) < 4.78 is 45.4. The second-order valence-electron chi connectivity index (χ2n) is 3.63. The van der Waals surface area contributed by atoms with Crippen LogP contribution in [-0.2, 0) is 19.7 Å². The summed E-state index contributed by atoms with van der Waals surface area (Å²) in [7, 11) is -6.97. The second-order valence-corrected chi connectivity index (χ2v) is 8.41. The van der Waals surface area contributed by atoms with Gasteiger partial charge in [-0.1, -0.05) is 11.6 Å². The molecule has 0 bridgehead atoms. The van der Waals surface area contributed by atoms with Gasteiger partial charge < -0.3 is 5.73 Å². The van der Waals surface area contributed by atoms with E-state index in [4.69, 9.17) is 17.3 Å². The first-order valence-corrected chi connectivity index (χ1v) is 8.66. The molecule has 0 radical (unpaired) electrons. The van der Waals surface area contributed by atoms with Crippen LogP contribution in [0.5, 0.6) is 0 Å². The van der Waals surface area contributed by atoms with Gasteiger partial charge in [0.2, 0.25) is 0 Å². The van der Waals surface area contributed by atoms with E-state index in [0.29, 0.717) is 0 Å². The quantitative estimate of drug-likeness (QED) is 0.827. The monoisotopic (exact) mass is 297 g/mol. The van der Waals surface area contributed by atoms with Crippen molar-refractivity contribution >= 4 is 37.0 Å². The molecule has 0 saturated carbocycles. The predicted molar refractivity (Wildman–Crippen MR) is 67.6 cm³/mol. The molecule has 2 N–H and O–H groups in total. The molecule has 0 aliphatic heterocycles. The number of nitrogens with two attached hydrogens (primary N) is 1. The second kappa shape index (κ2) is 4.83. The molecule has 1 aromatic carbocycles. The van der Waals surface area contributed by atoms with Crippen LogP contribution in [0.25, 0.3) is 0 Å². The summed E-state index contributed by atoms with van der Waals surface area (Å²) in [5.41, 5.74) is 5.72. The van der Waals surface area contributed by atoms with Gasteiger partial charge in [-0.25, -0.2) is 16.8 Å². The maximum absolute atomic E-state index is 11.8. The fourth-order valence-electron chi connectivity index (χ4n) is 1.08. The number of halogens is 1. The minimum atomic E-state index is -3.65. The minimum absolute atomic E-state index is 0.0275. The van der Waals surface area contributed by atoms with Crippen molar-refractivity contribution in [2.75, 3.05) is 23.5 Å². The summed E-state index contributed by atoms with van der Waals surface area (Å²) in [6.45, 7) is 0. The first-order valence-electron chi connectivity index (χ1n) is 4.57. The Labute approximate surface area is 105 Å². The van der Waals surface area contributed by atoms with Gasteiger partial charge in [0.25, 0.3) is 0 Å². The third-order valence-electron chi connectivity index (χ3n) is 2.05. The molecule has 0 unspecified atom stereocenters. The lowest BCUT2D eigenvalue weighted by Gasteiger charge is -2.05. The molecule has 1 aromatic rings. The van der Waals surface area contributed by atoms with Crippen LogP contribution < -0.4 is 5.73 Å². The summed E-state index contributed by atoms with van der Waals surface area (Å²) in [6.07, 6.45) is 0.985. The molecule has 1 rings (SSSR count). The van der Waals surface area contributed by atoms with Crippen LogP contribution in [0.3, 0.4) is 0 Å². The van der Waals surface area contributed by atoms with Gasteiger partial charge in [0, 0.05) is 6.26 Å². The summed E-state index contributed by atoms with van der Waals surface area (Å²) in [6, 6.07) is 3.89. The van der Waals surface area contributed by atoms with Crippen molar-refractivity contribution in [1.82, 2.24) is 0 Å². The highest BCUT2D eigenvalue weighted by Gasteiger charge is 2.18. The molecule has 5 nitrogen and oxygen atoms in total. The minimum Gasteiger partial charge on any atom is -0.398 e. The predicted octanol–water partition coefficient (Wildman–Crippen LogP) is 0.741. The molecule has 0 aliphatic carbocycles. The highest BCUT2D eigenvalue weighted by molar-refractivity contribution is 7.94. The van der Waals surface area contributed by atoms with Gasteiger partial charge in [-0.3, -0.25) is 0 Å². The van der Waals surface area contributed by atoms with Crippen molar-refractivity contribution in [1.29, 1.82) is 0 Å². The van der Waals surface area contributed by atoms with Crippen molar-refractivity contribution < 1.29 is 16.8 Å². The first kappa shape index (κ1) is 14.3. The SMILES string of the molecule is CS(=O)(=O)CCS(=O)(=O)c1ccc(N)c(Cl)c1. The molecule has 0 spiro atoms. The molecular formula is C9H12ClNO4S2. The Balaban J connectivity index is 3.02. The average Bonchev–Trinajstić information content (AvgIpc) is 2.18. The van der Waals surface area contributed by atoms with Crippen LogP contribution in [0.1, 0.15) is 0 Å². The first-order chi connectivity index (χ1) is 7.62. The van der Waals surface area contributed by atoms with Gasteiger partial charge in [0.15, 0.2) is 9.84 Å². The molecule has 0 heterocycles. The summed E-state index contributed by atoms with van der Waals surface area (Å²) in [5, 5.41) is 0.130. The Morgan fingerprint density at radius 3 is 2.24 bits per heavy atom. The lowest BCUT2D eigenvalue weighted by Crippen LogP contribution is -2.16. The van der Waals surface area contributed by atoms with Crippen molar-refractivity contribution in [3.05, 3.63) is 23.2 Å². The summed E-state index contributed by atoms with van der Waals surface area (Å²) in [4.78, 5) is -0.0275. The van der Waals surface area contributed by atoms with E-state index in [2.05, 4.69) is 0 Å². The van der Waals surface area contributed by atoms with E-state index in [-0.39, 0.29) is 15.6 Å². The van der Waals surface area contributed by atoms with Crippen LogP contribution >= 0.6 is 11.6 Å². The number of hydrogen-bond donors (Lipinski definition) is 1. The van der Waals surface area contributed by atoms with E-state index in [1.165, 1.54) is 18.2 Å². The maximum atomic E-state index is 11.8. The molecule has 0 amide bonds. The molecule has 0 aliphatic rings. The lowest BCUT2D eigenvalue weighted by molar-refractivity contribution is 0.590. The van der Waals surface area contributed by atoms with Gasteiger partial charge in [-0.15, -0.1) is 0 Å². The third-order valence-corrected chi connectivity index (χ3v) is 5.30. The Kier molecular flexibility index (Phi) is 4.06. The van der Waals surface area contributed by atoms with Gasteiger partial charge in [-0.2, -0.15) is 0 Å². The van der Waals surface area contributed by atoms with Crippen LogP contribution in [0.4, 0.5) is 5.69 Å². The average molecular weight is 298 g/mol. The summed E-state index contributed by atoms with van der Waals surface area (Å²) in [5.74, 6) is -0.886. The molecule has 0 atom stereocenters. The van der Waals surface area contributed by atoms with Crippen molar-refractivity contribution in [3.8, 4) is 0 Å². The number of anilines is 1. The topological polar surface area (TPSA) is 94.3 Å². The number of sulfone groups is 2. The molecule has 96 valence electrons. The Bertz CT molecular complexity index is 622. The van der Waals surface area contributed by atoms with Crippen LogP contribution in [-0.4, -0.2) is 34.6 Å². The molecular weight excluding hydrogens is 286 g/mol. The van der Waals surface area contributed by atoms with E-state index in [9.17, 15) is 16.8 Å². The van der Waals surface area contributed by atoms with Gasteiger partial charge in [-0.05, 0) is 18.2 Å². The van der Waals surface area contributed by atoms with Gasteiger partial charge >= 0.3 is 0 Å². The molecule has 0 saturated heterocycles. The van der Waals surface area contributed by atoms with Crippen molar-refractivity contribution in [2.45, 2.75) is 4.90 Å². The van der Waals surface area contributed by atoms with Crippen molar-refractivity contribution in [3.63, 3.8) is 0 Å². The fraction of sp³-hybridized carbons (Fsp3) is 0.333. The van der Waals surface area contributed by atoms with Crippen LogP contribution in [0.15, 0.2) is 23.1 Å². The number of rotatable bonds is 4. The zero-order valence-corrected chi connectivity index (χ0v) is 11.4. The van der Waals surface area contributed by atoms with Gasteiger partial charge in [0.1, 0.15) is 9.84 Å². The van der Waals surface area contributed by atoms with Crippen LogP contribution in [0.2, 0.25) is 5.02 Å². The third kappa shape index (κ3) is 4.18. The zero-order chi connectivity index (χ0) is 13.3.